The molecule has 1 heterocycles. The molecule has 1 unspecified atom stereocenters. The van der Waals surface area contributed by atoms with E-state index in [2.05, 4.69) is 48.7 Å². The standard InChI is InChI=1S/C12H21BrN2O/c1-6-15-11(12(13)9(4)14-15)7-16-10(5)8(2)3/h8,10H,6-7H2,1-5H3. The third-order valence-electron chi connectivity index (χ3n) is 2.87. The van der Waals surface area contributed by atoms with Gasteiger partial charge in [-0.1, -0.05) is 13.8 Å². The van der Waals surface area contributed by atoms with Gasteiger partial charge in [0.15, 0.2) is 0 Å². The van der Waals surface area contributed by atoms with E-state index in [9.17, 15) is 0 Å². The molecule has 0 aromatic carbocycles. The zero-order chi connectivity index (χ0) is 12.3. The number of hydrogen-bond acceptors (Lipinski definition) is 2. The SMILES string of the molecule is CCn1nc(C)c(Br)c1COC(C)C(C)C. The minimum absolute atomic E-state index is 0.271. The molecule has 0 amide bonds. The smallest absolute Gasteiger partial charge is 0.0900 e. The van der Waals surface area contributed by atoms with Gasteiger partial charge in [-0.15, -0.1) is 0 Å². The molecule has 16 heavy (non-hydrogen) atoms. The molecule has 0 saturated carbocycles. The molecule has 0 aliphatic carbocycles. The Morgan fingerprint density at radius 1 is 1.38 bits per heavy atom. The number of rotatable bonds is 5. The topological polar surface area (TPSA) is 27.1 Å². The van der Waals surface area contributed by atoms with Gasteiger partial charge in [0.1, 0.15) is 0 Å². The molecule has 0 radical (unpaired) electrons. The van der Waals surface area contributed by atoms with Crippen molar-refractivity contribution in [3.8, 4) is 0 Å². The van der Waals surface area contributed by atoms with E-state index < -0.39 is 0 Å². The Morgan fingerprint density at radius 2 is 2.00 bits per heavy atom. The summed E-state index contributed by atoms with van der Waals surface area (Å²) in [6.07, 6.45) is 0.271. The Balaban J connectivity index is 2.73. The Morgan fingerprint density at radius 3 is 2.50 bits per heavy atom. The Kier molecular flexibility index (Phi) is 4.99. The van der Waals surface area contributed by atoms with Gasteiger partial charge in [-0.25, -0.2) is 0 Å². The van der Waals surface area contributed by atoms with E-state index in [0.29, 0.717) is 12.5 Å². The number of aromatic nitrogens is 2. The van der Waals surface area contributed by atoms with Crippen LogP contribution in [0.15, 0.2) is 4.47 Å². The Bertz CT molecular complexity index is 347. The summed E-state index contributed by atoms with van der Waals surface area (Å²) in [5, 5.41) is 4.44. The number of hydrogen-bond donors (Lipinski definition) is 0. The van der Waals surface area contributed by atoms with Crippen molar-refractivity contribution in [1.82, 2.24) is 9.78 Å². The van der Waals surface area contributed by atoms with Crippen LogP contribution in [0.25, 0.3) is 0 Å². The van der Waals surface area contributed by atoms with E-state index in [4.69, 9.17) is 4.74 Å². The average molecular weight is 289 g/mol. The first kappa shape index (κ1) is 13.7. The van der Waals surface area contributed by atoms with Crippen molar-refractivity contribution in [2.75, 3.05) is 0 Å². The predicted octanol–water partition coefficient (Wildman–Crippen LogP) is 3.54. The molecule has 92 valence electrons. The van der Waals surface area contributed by atoms with Gasteiger partial charge in [0.25, 0.3) is 0 Å². The van der Waals surface area contributed by atoms with Crippen LogP contribution in [0.5, 0.6) is 0 Å². The number of nitrogens with zero attached hydrogens (tertiary/aromatic N) is 2. The third kappa shape index (κ3) is 3.08. The molecule has 0 aliphatic rings. The molecule has 3 nitrogen and oxygen atoms in total. The summed E-state index contributed by atoms with van der Waals surface area (Å²) in [7, 11) is 0. The molecule has 0 N–H and O–H groups in total. The third-order valence-corrected chi connectivity index (χ3v) is 3.91. The summed E-state index contributed by atoms with van der Waals surface area (Å²) < 4.78 is 8.90. The van der Waals surface area contributed by atoms with E-state index in [1.54, 1.807) is 0 Å². The first-order valence-corrected chi connectivity index (χ1v) is 6.60. The monoisotopic (exact) mass is 288 g/mol. The lowest BCUT2D eigenvalue weighted by Gasteiger charge is -2.17. The van der Waals surface area contributed by atoms with Gasteiger partial charge in [-0.05, 0) is 42.6 Å². The lowest BCUT2D eigenvalue weighted by Crippen LogP contribution is -2.16. The van der Waals surface area contributed by atoms with Crippen LogP contribution in [-0.4, -0.2) is 15.9 Å². The van der Waals surface area contributed by atoms with Crippen molar-refractivity contribution < 1.29 is 4.74 Å². The van der Waals surface area contributed by atoms with Gasteiger partial charge in [0, 0.05) is 6.54 Å². The minimum atomic E-state index is 0.271. The van der Waals surface area contributed by atoms with Crippen molar-refractivity contribution in [2.24, 2.45) is 5.92 Å². The lowest BCUT2D eigenvalue weighted by molar-refractivity contribution is 0.0197. The summed E-state index contributed by atoms with van der Waals surface area (Å²) in [5.41, 5.74) is 2.16. The van der Waals surface area contributed by atoms with E-state index in [0.717, 1.165) is 22.4 Å². The maximum absolute atomic E-state index is 5.84. The second-order valence-electron chi connectivity index (χ2n) is 4.42. The first-order valence-electron chi connectivity index (χ1n) is 5.80. The maximum atomic E-state index is 5.84. The summed E-state index contributed by atoms with van der Waals surface area (Å²) in [4.78, 5) is 0. The van der Waals surface area contributed by atoms with Gasteiger partial charge >= 0.3 is 0 Å². The van der Waals surface area contributed by atoms with Gasteiger partial charge in [0.2, 0.25) is 0 Å². The fraction of sp³-hybridized carbons (Fsp3) is 0.750. The minimum Gasteiger partial charge on any atom is -0.372 e. The van der Waals surface area contributed by atoms with Crippen molar-refractivity contribution in [2.45, 2.75) is 53.9 Å². The fourth-order valence-corrected chi connectivity index (χ4v) is 1.81. The lowest BCUT2D eigenvalue weighted by atomic mass is 10.1. The highest BCUT2D eigenvalue weighted by Gasteiger charge is 2.14. The highest BCUT2D eigenvalue weighted by atomic mass is 79.9. The molecule has 0 fully saturated rings. The molecule has 0 saturated heterocycles. The Labute approximate surface area is 106 Å². The van der Waals surface area contributed by atoms with Crippen LogP contribution in [0.4, 0.5) is 0 Å². The van der Waals surface area contributed by atoms with Crippen LogP contribution in [-0.2, 0) is 17.9 Å². The van der Waals surface area contributed by atoms with Crippen LogP contribution in [0.1, 0.15) is 39.1 Å². The van der Waals surface area contributed by atoms with Crippen molar-refractivity contribution in [3.05, 3.63) is 15.9 Å². The summed E-state index contributed by atoms with van der Waals surface area (Å²) in [6.45, 7) is 12.0. The van der Waals surface area contributed by atoms with Gasteiger partial charge < -0.3 is 4.74 Å². The second kappa shape index (κ2) is 5.82. The van der Waals surface area contributed by atoms with E-state index in [1.165, 1.54) is 0 Å². The van der Waals surface area contributed by atoms with Crippen molar-refractivity contribution >= 4 is 15.9 Å². The number of ether oxygens (including phenoxy) is 1. The highest BCUT2D eigenvalue weighted by molar-refractivity contribution is 9.10. The zero-order valence-corrected chi connectivity index (χ0v) is 12.3. The van der Waals surface area contributed by atoms with Crippen LogP contribution >= 0.6 is 15.9 Å². The van der Waals surface area contributed by atoms with E-state index in [-0.39, 0.29) is 6.10 Å². The summed E-state index contributed by atoms with van der Waals surface area (Å²) in [6, 6.07) is 0. The predicted molar refractivity (Wildman–Crippen MR) is 69.4 cm³/mol. The largest absolute Gasteiger partial charge is 0.372 e. The Hall–Kier alpha value is -0.350. The molecule has 1 aromatic rings. The normalized spacial score (nSPS) is 13.4. The molecule has 1 aromatic heterocycles. The number of halogens is 1. The molecule has 0 spiro atoms. The summed E-state index contributed by atoms with van der Waals surface area (Å²) in [5.74, 6) is 0.540. The molecule has 1 atom stereocenters. The van der Waals surface area contributed by atoms with Crippen molar-refractivity contribution in [1.29, 1.82) is 0 Å². The molecule has 1 rings (SSSR count). The second-order valence-corrected chi connectivity index (χ2v) is 5.21. The molecular weight excluding hydrogens is 268 g/mol. The van der Waals surface area contributed by atoms with Crippen molar-refractivity contribution in [3.63, 3.8) is 0 Å². The molecule has 0 bridgehead atoms. The quantitative estimate of drug-likeness (QED) is 0.829. The molecule has 4 heteroatoms. The van der Waals surface area contributed by atoms with Gasteiger partial charge in [-0.2, -0.15) is 5.10 Å². The summed E-state index contributed by atoms with van der Waals surface area (Å²) >= 11 is 3.57. The first-order chi connectivity index (χ1) is 7.47. The van der Waals surface area contributed by atoms with E-state index >= 15 is 0 Å². The maximum Gasteiger partial charge on any atom is 0.0900 e. The van der Waals surface area contributed by atoms with Gasteiger partial charge in [0.05, 0.1) is 28.6 Å². The van der Waals surface area contributed by atoms with E-state index in [1.807, 2.05) is 11.6 Å². The van der Waals surface area contributed by atoms with Gasteiger partial charge in [-0.3, -0.25) is 4.68 Å². The fourth-order valence-electron chi connectivity index (χ4n) is 1.41. The molecular formula is C12H21BrN2O. The van der Waals surface area contributed by atoms with Crippen LogP contribution in [0.3, 0.4) is 0 Å². The zero-order valence-electron chi connectivity index (χ0n) is 10.7. The number of aryl methyl sites for hydroxylation is 2. The van der Waals surface area contributed by atoms with Crippen LogP contribution in [0, 0.1) is 12.8 Å². The van der Waals surface area contributed by atoms with Crippen LogP contribution < -0.4 is 0 Å². The molecule has 0 aliphatic heterocycles. The van der Waals surface area contributed by atoms with Crippen LogP contribution in [0.2, 0.25) is 0 Å². The average Bonchev–Trinajstić information content (AvgIpc) is 2.51. The highest BCUT2D eigenvalue weighted by Crippen LogP contribution is 2.22.